The van der Waals surface area contributed by atoms with Crippen molar-refractivity contribution in [1.82, 2.24) is 10.9 Å². The monoisotopic (exact) mass is 318 g/mol. The molecule has 0 heterocycles. The molecule has 0 atom stereocenters. The van der Waals surface area contributed by atoms with Crippen LogP contribution in [0.2, 0.25) is 0 Å². The van der Waals surface area contributed by atoms with Gasteiger partial charge in [-0.1, -0.05) is 24.3 Å². The average Bonchev–Trinajstić information content (AvgIpc) is 2.58. The van der Waals surface area contributed by atoms with E-state index in [2.05, 4.69) is 10.9 Å². The summed E-state index contributed by atoms with van der Waals surface area (Å²) < 4.78 is 23.4. The first-order valence-corrected chi connectivity index (χ1v) is 6.71. The summed E-state index contributed by atoms with van der Waals surface area (Å²) in [5.74, 6) is -1.41. The number of hydrogen-bond donors (Lipinski definition) is 2. The Hall–Kier alpha value is -3.09. The highest BCUT2D eigenvalue weighted by Gasteiger charge is 2.12. The van der Waals surface area contributed by atoms with E-state index in [0.29, 0.717) is 5.75 Å². The predicted octanol–water partition coefficient (Wildman–Crippen LogP) is 1.67. The van der Waals surface area contributed by atoms with E-state index in [-0.39, 0.29) is 11.3 Å². The van der Waals surface area contributed by atoms with Crippen LogP contribution in [0.5, 0.6) is 11.5 Å². The van der Waals surface area contributed by atoms with Crippen molar-refractivity contribution in [2.75, 3.05) is 13.7 Å². The minimum Gasteiger partial charge on any atom is -0.496 e. The van der Waals surface area contributed by atoms with Gasteiger partial charge in [0.2, 0.25) is 0 Å². The van der Waals surface area contributed by atoms with Crippen LogP contribution in [0, 0.1) is 5.82 Å². The minimum absolute atomic E-state index is 0.0429. The number of carbonyl (C=O) groups excluding carboxylic acids is 2. The predicted molar refractivity (Wildman–Crippen MR) is 80.5 cm³/mol. The van der Waals surface area contributed by atoms with Gasteiger partial charge in [0.15, 0.2) is 18.2 Å². The third-order valence-electron chi connectivity index (χ3n) is 2.86. The molecule has 0 aliphatic heterocycles. The Labute approximate surface area is 132 Å². The molecule has 0 saturated heterocycles. The molecular formula is C16H15FN2O4. The van der Waals surface area contributed by atoms with Crippen LogP contribution in [0.25, 0.3) is 0 Å². The number of hydrogen-bond acceptors (Lipinski definition) is 4. The Bertz CT molecular complexity index is 706. The number of hydrazine groups is 1. The lowest BCUT2D eigenvalue weighted by molar-refractivity contribution is -0.123. The summed E-state index contributed by atoms with van der Waals surface area (Å²) in [6.45, 7) is -0.437. The first-order chi connectivity index (χ1) is 11.1. The van der Waals surface area contributed by atoms with Crippen LogP contribution in [0.3, 0.4) is 0 Å². The van der Waals surface area contributed by atoms with Gasteiger partial charge in [0.25, 0.3) is 11.8 Å². The summed E-state index contributed by atoms with van der Waals surface area (Å²) in [4.78, 5) is 23.6. The zero-order valence-electron chi connectivity index (χ0n) is 12.3. The maximum atomic E-state index is 13.3. The maximum absolute atomic E-state index is 13.3. The molecule has 2 amide bonds. The lowest BCUT2D eigenvalue weighted by Gasteiger charge is -2.11. The van der Waals surface area contributed by atoms with E-state index < -0.39 is 24.2 Å². The van der Waals surface area contributed by atoms with Gasteiger partial charge in [-0.05, 0) is 24.3 Å². The van der Waals surface area contributed by atoms with E-state index >= 15 is 0 Å². The Kier molecular flexibility index (Phi) is 5.51. The second-order valence-electron chi connectivity index (χ2n) is 4.42. The fourth-order valence-corrected chi connectivity index (χ4v) is 1.77. The number of carbonyl (C=O) groups is 2. The Balaban J connectivity index is 1.84. The molecule has 6 nitrogen and oxygen atoms in total. The van der Waals surface area contributed by atoms with Crippen molar-refractivity contribution in [3.05, 3.63) is 59.9 Å². The molecule has 0 unspecified atom stereocenters. The van der Waals surface area contributed by atoms with E-state index in [4.69, 9.17) is 9.47 Å². The Morgan fingerprint density at radius 3 is 2.35 bits per heavy atom. The summed E-state index contributed by atoms with van der Waals surface area (Å²) in [5.41, 5.74) is 4.68. The Morgan fingerprint density at radius 1 is 1.00 bits per heavy atom. The van der Waals surface area contributed by atoms with Gasteiger partial charge < -0.3 is 9.47 Å². The quantitative estimate of drug-likeness (QED) is 0.822. The van der Waals surface area contributed by atoms with Crippen molar-refractivity contribution in [2.45, 2.75) is 0 Å². The fourth-order valence-electron chi connectivity index (χ4n) is 1.77. The zero-order valence-corrected chi connectivity index (χ0v) is 12.3. The molecular weight excluding hydrogens is 303 g/mol. The Morgan fingerprint density at radius 2 is 1.65 bits per heavy atom. The van der Waals surface area contributed by atoms with Crippen molar-refractivity contribution in [3.63, 3.8) is 0 Å². The highest BCUT2D eigenvalue weighted by molar-refractivity contribution is 5.97. The first kappa shape index (κ1) is 16.3. The maximum Gasteiger partial charge on any atom is 0.276 e. The second-order valence-corrected chi connectivity index (χ2v) is 4.42. The standard InChI is InChI=1S/C16H15FN2O4/c1-22-13-8-4-2-6-11(13)16(21)19-18-15(20)10-23-14-9-5-3-7-12(14)17/h2-9H,10H2,1H3,(H,18,20)(H,19,21). The van der Waals surface area contributed by atoms with Crippen molar-refractivity contribution < 1.29 is 23.5 Å². The minimum atomic E-state index is -0.628. The number of benzene rings is 2. The van der Waals surface area contributed by atoms with Gasteiger partial charge in [0.1, 0.15) is 5.75 Å². The summed E-state index contributed by atoms with van der Waals surface area (Å²) in [6.07, 6.45) is 0. The van der Waals surface area contributed by atoms with Crippen LogP contribution in [0.1, 0.15) is 10.4 Å². The van der Waals surface area contributed by atoms with Crippen molar-refractivity contribution in [3.8, 4) is 11.5 Å². The highest BCUT2D eigenvalue weighted by Crippen LogP contribution is 2.16. The third-order valence-corrected chi connectivity index (χ3v) is 2.86. The normalized spacial score (nSPS) is 9.83. The van der Waals surface area contributed by atoms with E-state index in [9.17, 15) is 14.0 Å². The van der Waals surface area contributed by atoms with E-state index in [1.165, 1.54) is 25.3 Å². The molecule has 120 valence electrons. The average molecular weight is 318 g/mol. The molecule has 2 rings (SSSR count). The molecule has 7 heteroatoms. The lowest BCUT2D eigenvalue weighted by atomic mass is 10.2. The number of para-hydroxylation sites is 2. The van der Waals surface area contributed by atoms with Gasteiger partial charge in [0.05, 0.1) is 12.7 Å². The van der Waals surface area contributed by atoms with Crippen LogP contribution < -0.4 is 20.3 Å². The molecule has 0 spiro atoms. The number of ether oxygens (including phenoxy) is 2. The number of amides is 2. The first-order valence-electron chi connectivity index (χ1n) is 6.71. The van der Waals surface area contributed by atoms with Crippen molar-refractivity contribution >= 4 is 11.8 Å². The van der Waals surface area contributed by atoms with Crippen LogP contribution in [0.15, 0.2) is 48.5 Å². The smallest absolute Gasteiger partial charge is 0.276 e. The molecule has 0 aromatic heterocycles. The number of halogens is 1. The molecule has 2 aromatic rings. The summed E-state index contributed by atoms with van der Waals surface area (Å²) in [6, 6.07) is 12.3. The molecule has 23 heavy (non-hydrogen) atoms. The summed E-state index contributed by atoms with van der Waals surface area (Å²) in [7, 11) is 1.44. The van der Waals surface area contributed by atoms with Gasteiger partial charge >= 0.3 is 0 Å². The van der Waals surface area contributed by atoms with Crippen LogP contribution >= 0.6 is 0 Å². The second kappa shape index (κ2) is 7.79. The van der Waals surface area contributed by atoms with Gasteiger partial charge in [0, 0.05) is 0 Å². The summed E-state index contributed by atoms with van der Waals surface area (Å²) in [5, 5.41) is 0. The van der Waals surface area contributed by atoms with Crippen LogP contribution in [0.4, 0.5) is 4.39 Å². The molecule has 0 aliphatic rings. The van der Waals surface area contributed by atoms with Gasteiger partial charge in [-0.15, -0.1) is 0 Å². The van der Waals surface area contributed by atoms with E-state index in [1.54, 1.807) is 30.3 Å². The molecule has 0 saturated carbocycles. The number of methoxy groups -OCH3 is 1. The molecule has 0 radical (unpaired) electrons. The topological polar surface area (TPSA) is 76.7 Å². The fraction of sp³-hybridized carbons (Fsp3) is 0.125. The number of rotatable bonds is 5. The highest BCUT2D eigenvalue weighted by atomic mass is 19.1. The third kappa shape index (κ3) is 4.44. The van der Waals surface area contributed by atoms with Crippen LogP contribution in [-0.2, 0) is 4.79 Å². The zero-order chi connectivity index (χ0) is 16.7. The molecule has 0 bridgehead atoms. The molecule has 0 fully saturated rings. The van der Waals surface area contributed by atoms with E-state index in [0.717, 1.165) is 0 Å². The lowest BCUT2D eigenvalue weighted by Crippen LogP contribution is -2.43. The molecule has 0 aliphatic carbocycles. The summed E-state index contributed by atoms with van der Waals surface area (Å²) >= 11 is 0. The van der Waals surface area contributed by atoms with E-state index in [1.807, 2.05) is 0 Å². The SMILES string of the molecule is COc1ccccc1C(=O)NNC(=O)COc1ccccc1F. The number of nitrogens with one attached hydrogen (secondary N) is 2. The molecule has 2 N–H and O–H groups in total. The van der Waals surface area contributed by atoms with Gasteiger partial charge in [-0.3, -0.25) is 20.4 Å². The van der Waals surface area contributed by atoms with Crippen LogP contribution in [-0.4, -0.2) is 25.5 Å². The van der Waals surface area contributed by atoms with Gasteiger partial charge in [-0.25, -0.2) is 4.39 Å². The largest absolute Gasteiger partial charge is 0.496 e. The molecule has 2 aromatic carbocycles. The van der Waals surface area contributed by atoms with Gasteiger partial charge in [-0.2, -0.15) is 0 Å². The van der Waals surface area contributed by atoms with Crippen molar-refractivity contribution in [1.29, 1.82) is 0 Å². The van der Waals surface area contributed by atoms with Crippen molar-refractivity contribution in [2.24, 2.45) is 0 Å².